The molecule has 0 aliphatic rings. The number of ether oxygens (including phenoxy) is 2. The molecule has 0 amide bonds. The fraction of sp³-hybridized carbons (Fsp3) is 0.250. The van der Waals surface area contributed by atoms with Crippen molar-refractivity contribution in [3.8, 4) is 5.75 Å². The van der Waals surface area contributed by atoms with Crippen LogP contribution in [0.4, 0.5) is 13.2 Å². The Kier molecular flexibility index (Phi) is 5.41. The van der Waals surface area contributed by atoms with Crippen molar-refractivity contribution in [3.63, 3.8) is 0 Å². The number of halogens is 4. The van der Waals surface area contributed by atoms with Crippen molar-refractivity contribution in [3.05, 3.63) is 34.3 Å². The molecule has 0 unspecified atom stereocenters. The van der Waals surface area contributed by atoms with E-state index in [1.165, 1.54) is 12.1 Å². The van der Waals surface area contributed by atoms with Gasteiger partial charge in [0.15, 0.2) is 0 Å². The summed E-state index contributed by atoms with van der Waals surface area (Å²) in [5.74, 6) is -0.939. The van der Waals surface area contributed by atoms with Gasteiger partial charge in [-0.05, 0) is 36.8 Å². The topological polar surface area (TPSA) is 35.5 Å². The molecular weight excluding hydrogens is 329 g/mol. The molecule has 104 valence electrons. The van der Waals surface area contributed by atoms with Crippen LogP contribution in [-0.4, -0.2) is 18.9 Å². The van der Waals surface area contributed by atoms with E-state index in [9.17, 15) is 18.0 Å². The SMILES string of the molecule is CCOC(=O)C=Cc1cc(Br)cc(OC(F)(F)F)c1. The van der Waals surface area contributed by atoms with Crippen LogP contribution >= 0.6 is 15.9 Å². The van der Waals surface area contributed by atoms with E-state index in [-0.39, 0.29) is 12.4 Å². The molecule has 19 heavy (non-hydrogen) atoms. The molecule has 0 N–H and O–H groups in total. The predicted molar refractivity (Wildman–Crippen MR) is 66.5 cm³/mol. The van der Waals surface area contributed by atoms with Crippen molar-refractivity contribution in [2.75, 3.05) is 6.61 Å². The van der Waals surface area contributed by atoms with Crippen LogP contribution in [0.1, 0.15) is 12.5 Å². The molecule has 1 rings (SSSR count). The fourth-order valence-corrected chi connectivity index (χ4v) is 1.72. The van der Waals surface area contributed by atoms with Gasteiger partial charge in [-0.15, -0.1) is 13.2 Å². The summed E-state index contributed by atoms with van der Waals surface area (Å²) >= 11 is 3.06. The second kappa shape index (κ2) is 6.60. The molecule has 0 saturated heterocycles. The van der Waals surface area contributed by atoms with Gasteiger partial charge in [-0.1, -0.05) is 15.9 Å². The molecule has 7 heteroatoms. The van der Waals surface area contributed by atoms with Crippen LogP contribution in [0.15, 0.2) is 28.7 Å². The van der Waals surface area contributed by atoms with Crippen molar-refractivity contribution in [2.24, 2.45) is 0 Å². The third-order valence-electron chi connectivity index (χ3n) is 1.83. The molecule has 0 radical (unpaired) electrons. The zero-order valence-electron chi connectivity index (χ0n) is 9.83. The second-order valence-electron chi connectivity index (χ2n) is 3.35. The number of carbonyl (C=O) groups is 1. The van der Waals surface area contributed by atoms with Gasteiger partial charge in [-0.3, -0.25) is 0 Å². The summed E-state index contributed by atoms with van der Waals surface area (Å²) in [7, 11) is 0. The standard InChI is InChI=1S/C12H10BrF3O3/c1-2-18-11(17)4-3-8-5-9(13)7-10(6-8)19-12(14,15)16/h3-7H,2H2,1H3. The average molecular weight is 339 g/mol. The first-order chi connectivity index (χ1) is 8.80. The van der Waals surface area contributed by atoms with E-state index in [1.807, 2.05) is 0 Å². The normalized spacial score (nSPS) is 11.6. The number of hydrogen-bond donors (Lipinski definition) is 0. The zero-order chi connectivity index (χ0) is 14.5. The number of rotatable bonds is 4. The van der Waals surface area contributed by atoms with Crippen LogP contribution in [0.25, 0.3) is 6.08 Å². The van der Waals surface area contributed by atoms with Crippen molar-refractivity contribution in [2.45, 2.75) is 13.3 Å². The number of alkyl halides is 3. The van der Waals surface area contributed by atoms with E-state index >= 15 is 0 Å². The number of carbonyl (C=O) groups excluding carboxylic acids is 1. The third-order valence-corrected chi connectivity index (χ3v) is 2.28. The van der Waals surface area contributed by atoms with Gasteiger partial charge < -0.3 is 9.47 Å². The van der Waals surface area contributed by atoms with E-state index < -0.39 is 12.3 Å². The Morgan fingerprint density at radius 3 is 2.63 bits per heavy atom. The van der Waals surface area contributed by atoms with Gasteiger partial charge in [0.1, 0.15) is 5.75 Å². The predicted octanol–water partition coefficient (Wildman–Crippen LogP) is 3.92. The van der Waals surface area contributed by atoms with Crippen LogP contribution in [0.5, 0.6) is 5.75 Å². The quantitative estimate of drug-likeness (QED) is 0.616. The minimum absolute atomic E-state index is 0.226. The average Bonchev–Trinajstić information content (AvgIpc) is 2.23. The smallest absolute Gasteiger partial charge is 0.463 e. The van der Waals surface area contributed by atoms with Crippen molar-refractivity contribution in [1.82, 2.24) is 0 Å². The van der Waals surface area contributed by atoms with E-state index in [2.05, 4.69) is 25.4 Å². The summed E-state index contributed by atoms with van der Waals surface area (Å²) in [6.45, 7) is 1.88. The molecule has 3 nitrogen and oxygen atoms in total. The lowest BCUT2D eigenvalue weighted by molar-refractivity contribution is -0.274. The summed E-state index contributed by atoms with van der Waals surface area (Å²) in [5.41, 5.74) is 0.377. The molecule has 1 aromatic rings. The highest BCUT2D eigenvalue weighted by atomic mass is 79.9. The molecule has 0 bridgehead atoms. The minimum atomic E-state index is -4.76. The lowest BCUT2D eigenvalue weighted by Crippen LogP contribution is -2.17. The molecule has 0 aliphatic heterocycles. The molecule has 0 heterocycles. The van der Waals surface area contributed by atoms with Crippen LogP contribution in [0, 0.1) is 0 Å². The Morgan fingerprint density at radius 2 is 2.05 bits per heavy atom. The largest absolute Gasteiger partial charge is 0.573 e. The Morgan fingerprint density at radius 1 is 1.37 bits per heavy atom. The molecule has 0 saturated carbocycles. The van der Waals surface area contributed by atoms with Crippen molar-refractivity contribution < 1.29 is 27.4 Å². The zero-order valence-corrected chi connectivity index (χ0v) is 11.4. The third kappa shape index (κ3) is 6.28. The van der Waals surface area contributed by atoms with Crippen LogP contribution in [0.3, 0.4) is 0 Å². The summed E-state index contributed by atoms with van der Waals surface area (Å²) in [6, 6.07) is 3.88. The molecule has 1 aromatic carbocycles. The Balaban J connectivity index is 2.88. The Labute approximate surface area is 116 Å². The fourth-order valence-electron chi connectivity index (χ4n) is 1.23. The number of hydrogen-bond acceptors (Lipinski definition) is 3. The summed E-state index contributed by atoms with van der Waals surface area (Å²) in [5, 5.41) is 0. The van der Waals surface area contributed by atoms with E-state index in [0.29, 0.717) is 10.0 Å². The summed E-state index contributed by atoms with van der Waals surface area (Å²) in [4.78, 5) is 11.1. The van der Waals surface area contributed by atoms with Crippen LogP contribution in [-0.2, 0) is 9.53 Å². The Bertz CT molecular complexity index is 484. The maximum Gasteiger partial charge on any atom is 0.573 e. The molecule has 0 fully saturated rings. The Hall–Kier alpha value is -1.50. The van der Waals surface area contributed by atoms with Gasteiger partial charge in [0.05, 0.1) is 6.61 Å². The van der Waals surface area contributed by atoms with Crippen LogP contribution in [0.2, 0.25) is 0 Å². The monoisotopic (exact) mass is 338 g/mol. The summed E-state index contributed by atoms with van der Waals surface area (Å²) in [6.07, 6.45) is -2.29. The lowest BCUT2D eigenvalue weighted by atomic mass is 10.2. The van der Waals surface area contributed by atoms with Gasteiger partial charge in [-0.25, -0.2) is 4.79 Å². The highest BCUT2D eigenvalue weighted by molar-refractivity contribution is 9.10. The molecule has 0 aliphatic carbocycles. The van der Waals surface area contributed by atoms with Gasteiger partial charge in [0.25, 0.3) is 0 Å². The van der Waals surface area contributed by atoms with E-state index in [0.717, 1.165) is 12.1 Å². The first-order valence-electron chi connectivity index (χ1n) is 5.21. The molecule has 0 atom stereocenters. The van der Waals surface area contributed by atoms with Gasteiger partial charge >= 0.3 is 12.3 Å². The van der Waals surface area contributed by atoms with Gasteiger partial charge in [0, 0.05) is 10.5 Å². The lowest BCUT2D eigenvalue weighted by Gasteiger charge is -2.09. The van der Waals surface area contributed by atoms with Crippen LogP contribution < -0.4 is 4.74 Å². The van der Waals surface area contributed by atoms with Gasteiger partial charge in [0.2, 0.25) is 0 Å². The van der Waals surface area contributed by atoms with Gasteiger partial charge in [-0.2, -0.15) is 0 Å². The highest BCUT2D eigenvalue weighted by Crippen LogP contribution is 2.27. The number of benzene rings is 1. The van der Waals surface area contributed by atoms with Crippen molar-refractivity contribution >= 4 is 28.0 Å². The first-order valence-corrected chi connectivity index (χ1v) is 6.00. The molecule has 0 aromatic heterocycles. The first kappa shape index (κ1) is 15.6. The molecular formula is C12H10BrF3O3. The van der Waals surface area contributed by atoms with E-state index in [4.69, 9.17) is 0 Å². The van der Waals surface area contributed by atoms with Crippen molar-refractivity contribution in [1.29, 1.82) is 0 Å². The minimum Gasteiger partial charge on any atom is -0.463 e. The maximum atomic E-state index is 12.1. The maximum absolute atomic E-state index is 12.1. The van der Waals surface area contributed by atoms with E-state index in [1.54, 1.807) is 13.0 Å². The second-order valence-corrected chi connectivity index (χ2v) is 4.27. The highest BCUT2D eigenvalue weighted by Gasteiger charge is 2.31. The summed E-state index contributed by atoms with van der Waals surface area (Å²) < 4.78 is 45.1. The molecule has 0 spiro atoms. The number of esters is 1.